The van der Waals surface area contributed by atoms with Crippen LogP contribution in [0.4, 0.5) is 5.69 Å². The van der Waals surface area contributed by atoms with Gasteiger partial charge in [0.1, 0.15) is 6.10 Å². The van der Waals surface area contributed by atoms with Gasteiger partial charge in [-0.05, 0) is 24.3 Å². The van der Waals surface area contributed by atoms with Gasteiger partial charge in [-0.15, -0.1) is 0 Å². The van der Waals surface area contributed by atoms with Crippen LogP contribution in [0.3, 0.4) is 0 Å². The molecule has 6 heteroatoms. The largest absolute Gasteiger partial charge is 0.368 e. The lowest BCUT2D eigenvalue weighted by atomic mass is 10.1. The van der Waals surface area contributed by atoms with Gasteiger partial charge >= 0.3 is 0 Å². The van der Waals surface area contributed by atoms with Gasteiger partial charge in [-0.3, -0.25) is 14.5 Å². The third-order valence-corrected chi connectivity index (χ3v) is 5.61. The van der Waals surface area contributed by atoms with Crippen LogP contribution in [0.5, 0.6) is 0 Å². The average molecular weight is 381 g/mol. The number of carbonyl (C=O) groups excluding carboxylic acids is 2. The lowest BCUT2D eigenvalue weighted by Gasteiger charge is -2.35. The summed E-state index contributed by atoms with van der Waals surface area (Å²) in [6.07, 6.45) is 2.02. The molecule has 2 saturated heterocycles. The lowest BCUT2D eigenvalue weighted by Crippen LogP contribution is -2.51. The molecule has 2 aliphatic heterocycles. The van der Waals surface area contributed by atoms with Gasteiger partial charge in [0.15, 0.2) is 0 Å². The maximum absolute atomic E-state index is 12.4. The molecule has 1 atom stereocenters. The highest BCUT2D eigenvalue weighted by Crippen LogP contribution is 2.23. The first-order chi connectivity index (χ1) is 13.7. The van der Waals surface area contributed by atoms with Crippen LogP contribution in [0, 0.1) is 0 Å². The average Bonchev–Trinajstić information content (AvgIpc) is 3.27. The summed E-state index contributed by atoms with van der Waals surface area (Å²) in [5.74, 6) is 0.153. The van der Waals surface area contributed by atoms with E-state index in [1.807, 2.05) is 47.4 Å². The summed E-state index contributed by atoms with van der Waals surface area (Å²) in [5.41, 5.74) is 0.857. The number of benzene rings is 2. The molecular formula is C22H27N3O3. The van der Waals surface area contributed by atoms with E-state index in [0.29, 0.717) is 32.7 Å². The Bertz CT molecular complexity index is 835. The minimum Gasteiger partial charge on any atom is -0.368 e. The maximum atomic E-state index is 12.4. The summed E-state index contributed by atoms with van der Waals surface area (Å²) in [6, 6.07) is 14.0. The summed E-state index contributed by atoms with van der Waals surface area (Å²) in [4.78, 5) is 29.0. The SMILES string of the molecule is O=C(CCN1CCN(C(=O)C2CCCO2)CC1)Nc1cccc2ccccc12. The molecule has 2 aliphatic rings. The zero-order valence-electron chi connectivity index (χ0n) is 16.1. The van der Waals surface area contributed by atoms with Crippen LogP contribution in [0.1, 0.15) is 19.3 Å². The first kappa shape index (κ1) is 18.9. The molecule has 1 N–H and O–H groups in total. The fraction of sp³-hybridized carbons (Fsp3) is 0.455. The number of hydrogen-bond donors (Lipinski definition) is 1. The summed E-state index contributed by atoms with van der Waals surface area (Å²) < 4.78 is 5.50. The van der Waals surface area contributed by atoms with E-state index in [2.05, 4.69) is 10.2 Å². The van der Waals surface area contributed by atoms with Crippen molar-refractivity contribution in [3.63, 3.8) is 0 Å². The van der Waals surface area contributed by atoms with E-state index in [1.165, 1.54) is 0 Å². The van der Waals surface area contributed by atoms with Crippen molar-refractivity contribution in [1.29, 1.82) is 0 Å². The van der Waals surface area contributed by atoms with Crippen molar-refractivity contribution >= 4 is 28.3 Å². The van der Waals surface area contributed by atoms with E-state index < -0.39 is 0 Å². The second-order valence-corrected chi connectivity index (χ2v) is 7.49. The minimum atomic E-state index is -0.238. The molecule has 0 saturated carbocycles. The molecule has 0 bridgehead atoms. The smallest absolute Gasteiger partial charge is 0.251 e. The number of rotatable bonds is 5. The normalized spacial score (nSPS) is 20.4. The van der Waals surface area contributed by atoms with Crippen molar-refractivity contribution in [3.05, 3.63) is 42.5 Å². The van der Waals surface area contributed by atoms with Crippen LogP contribution in [0.25, 0.3) is 10.8 Å². The maximum Gasteiger partial charge on any atom is 0.251 e. The Morgan fingerprint density at radius 2 is 1.82 bits per heavy atom. The molecule has 0 spiro atoms. The van der Waals surface area contributed by atoms with Crippen molar-refractivity contribution in [1.82, 2.24) is 9.80 Å². The van der Waals surface area contributed by atoms with Crippen LogP contribution in [0.15, 0.2) is 42.5 Å². The van der Waals surface area contributed by atoms with Gasteiger partial charge in [-0.2, -0.15) is 0 Å². The van der Waals surface area contributed by atoms with E-state index in [1.54, 1.807) is 0 Å². The van der Waals surface area contributed by atoms with Crippen molar-refractivity contribution in [2.24, 2.45) is 0 Å². The number of hydrogen-bond acceptors (Lipinski definition) is 4. The predicted molar refractivity (Wildman–Crippen MR) is 109 cm³/mol. The molecular weight excluding hydrogens is 354 g/mol. The van der Waals surface area contributed by atoms with E-state index in [4.69, 9.17) is 4.74 Å². The molecule has 0 aromatic heterocycles. The van der Waals surface area contributed by atoms with Gasteiger partial charge < -0.3 is 15.0 Å². The Morgan fingerprint density at radius 3 is 2.61 bits per heavy atom. The third-order valence-electron chi connectivity index (χ3n) is 5.61. The van der Waals surface area contributed by atoms with Crippen LogP contribution in [-0.2, 0) is 14.3 Å². The Hall–Kier alpha value is -2.44. The first-order valence-electron chi connectivity index (χ1n) is 10.1. The molecule has 2 fully saturated rings. The summed E-state index contributed by atoms with van der Waals surface area (Å²) in [5, 5.41) is 5.22. The summed E-state index contributed by atoms with van der Waals surface area (Å²) >= 11 is 0. The van der Waals surface area contributed by atoms with Gasteiger partial charge in [0, 0.05) is 56.8 Å². The second-order valence-electron chi connectivity index (χ2n) is 7.49. The Balaban J connectivity index is 1.24. The Morgan fingerprint density at radius 1 is 1.04 bits per heavy atom. The highest BCUT2D eigenvalue weighted by Gasteiger charge is 2.30. The van der Waals surface area contributed by atoms with E-state index in [-0.39, 0.29) is 17.9 Å². The molecule has 2 amide bonds. The fourth-order valence-electron chi connectivity index (χ4n) is 3.97. The fourth-order valence-corrected chi connectivity index (χ4v) is 3.97. The standard InChI is InChI=1S/C22H27N3O3/c26-21(23-19-8-3-6-17-5-1-2-7-18(17)19)10-11-24-12-14-25(15-13-24)22(27)20-9-4-16-28-20/h1-3,5-8,20H,4,9-16H2,(H,23,26). The van der Waals surface area contributed by atoms with Gasteiger partial charge in [-0.25, -0.2) is 0 Å². The van der Waals surface area contributed by atoms with Crippen molar-refractivity contribution in [2.45, 2.75) is 25.4 Å². The summed E-state index contributed by atoms with van der Waals surface area (Å²) in [7, 11) is 0. The quantitative estimate of drug-likeness (QED) is 0.864. The molecule has 0 radical (unpaired) electrons. The van der Waals surface area contributed by atoms with Gasteiger partial charge in [0.2, 0.25) is 5.91 Å². The minimum absolute atomic E-state index is 0.0224. The second kappa shape index (κ2) is 8.71. The molecule has 2 aromatic carbocycles. The summed E-state index contributed by atoms with van der Waals surface area (Å²) in [6.45, 7) is 4.44. The van der Waals surface area contributed by atoms with Crippen LogP contribution in [0.2, 0.25) is 0 Å². The number of amides is 2. The van der Waals surface area contributed by atoms with Gasteiger partial charge in [0.25, 0.3) is 5.91 Å². The number of anilines is 1. The monoisotopic (exact) mass is 381 g/mol. The Kier molecular flexibility index (Phi) is 5.88. The molecule has 4 rings (SSSR count). The number of nitrogens with one attached hydrogen (secondary N) is 1. The topological polar surface area (TPSA) is 61.9 Å². The van der Waals surface area contributed by atoms with E-state index >= 15 is 0 Å². The Labute approximate surface area is 165 Å². The molecule has 2 heterocycles. The number of nitrogens with zero attached hydrogens (tertiary/aromatic N) is 2. The molecule has 28 heavy (non-hydrogen) atoms. The molecule has 6 nitrogen and oxygen atoms in total. The highest BCUT2D eigenvalue weighted by atomic mass is 16.5. The number of carbonyl (C=O) groups is 2. The van der Waals surface area contributed by atoms with Crippen molar-refractivity contribution in [3.8, 4) is 0 Å². The molecule has 1 unspecified atom stereocenters. The first-order valence-corrected chi connectivity index (χ1v) is 10.1. The predicted octanol–water partition coefficient (Wildman–Crippen LogP) is 2.49. The molecule has 148 valence electrons. The number of ether oxygens (including phenoxy) is 1. The molecule has 0 aliphatic carbocycles. The van der Waals surface area contributed by atoms with Crippen LogP contribution >= 0.6 is 0 Å². The number of piperazine rings is 1. The zero-order valence-corrected chi connectivity index (χ0v) is 16.1. The van der Waals surface area contributed by atoms with E-state index in [9.17, 15) is 9.59 Å². The zero-order chi connectivity index (χ0) is 19.3. The number of fused-ring (bicyclic) bond motifs is 1. The van der Waals surface area contributed by atoms with Crippen LogP contribution in [-0.4, -0.2) is 67.0 Å². The van der Waals surface area contributed by atoms with Crippen LogP contribution < -0.4 is 5.32 Å². The van der Waals surface area contributed by atoms with Gasteiger partial charge in [-0.1, -0.05) is 36.4 Å². The highest BCUT2D eigenvalue weighted by molar-refractivity contribution is 6.02. The van der Waals surface area contributed by atoms with Gasteiger partial charge in [0.05, 0.1) is 0 Å². The lowest BCUT2D eigenvalue weighted by molar-refractivity contribution is -0.142. The van der Waals surface area contributed by atoms with Crippen molar-refractivity contribution in [2.75, 3.05) is 44.6 Å². The van der Waals surface area contributed by atoms with Crippen molar-refractivity contribution < 1.29 is 14.3 Å². The van der Waals surface area contributed by atoms with E-state index in [0.717, 1.165) is 42.4 Å². The third kappa shape index (κ3) is 4.34. The molecule has 2 aromatic rings.